The Balaban J connectivity index is 3.23. The molecule has 0 aliphatic rings. The third-order valence-electron chi connectivity index (χ3n) is 1.93. The molecule has 0 saturated heterocycles. The molecule has 3 nitrogen and oxygen atoms in total. The molecule has 0 heterocycles. The van der Waals surface area contributed by atoms with Gasteiger partial charge in [-0.2, -0.15) is 0 Å². The van der Waals surface area contributed by atoms with Gasteiger partial charge in [-0.1, -0.05) is 18.0 Å². The standard InChI is InChI=1S/C9H18F2N2O/c1-9(10,11)7-5-3-2-4-6-8(12)13-14/h14H,2-7H2,1H3,(H2,12,13). The van der Waals surface area contributed by atoms with Crippen molar-refractivity contribution in [2.75, 3.05) is 0 Å². The van der Waals surface area contributed by atoms with E-state index in [2.05, 4.69) is 5.16 Å². The Morgan fingerprint density at radius 3 is 2.36 bits per heavy atom. The molecule has 0 radical (unpaired) electrons. The molecule has 14 heavy (non-hydrogen) atoms. The van der Waals surface area contributed by atoms with Crippen molar-refractivity contribution in [2.45, 2.75) is 51.4 Å². The van der Waals surface area contributed by atoms with Gasteiger partial charge < -0.3 is 10.9 Å². The number of oxime groups is 1. The van der Waals surface area contributed by atoms with Crippen LogP contribution in [-0.2, 0) is 0 Å². The molecule has 0 aromatic heterocycles. The summed E-state index contributed by atoms with van der Waals surface area (Å²) in [7, 11) is 0. The lowest BCUT2D eigenvalue weighted by Gasteiger charge is -2.08. The van der Waals surface area contributed by atoms with Gasteiger partial charge in [0.05, 0.1) is 0 Å². The lowest BCUT2D eigenvalue weighted by molar-refractivity contribution is 0.0104. The quantitative estimate of drug-likeness (QED) is 0.222. The maximum atomic E-state index is 12.3. The molecule has 0 amide bonds. The Morgan fingerprint density at radius 1 is 1.29 bits per heavy atom. The molecular formula is C9H18F2N2O. The van der Waals surface area contributed by atoms with Gasteiger partial charge in [-0.05, 0) is 19.8 Å². The summed E-state index contributed by atoms with van der Waals surface area (Å²) in [6.07, 6.45) is 3.38. The third-order valence-corrected chi connectivity index (χ3v) is 1.93. The van der Waals surface area contributed by atoms with Crippen LogP contribution in [0.4, 0.5) is 8.78 Å². The fraction of sp³-hybridized carbons (Fsp3) is 0.889. The first kappa shape index (κ1) is 13.1. The maximum absolute atomic E-state index is 12.3. The smallest absolute Gasteiger partial charge is 0.245 e. The van der Waals surface area contributed by atoms with Gasteiger partial charge in [0, 0.05) is 12.8 Å². The van der Waals surface area contributed by atoms with Gasteiger partial charge in [0.1, 0.15) is 5.84 Å². The molecule has 5 heteroatoms. The van der Waals surface area contributed by atoms with E-state index in [1.807, 2.05) is 0 Å². The number of unbranched alkanes of at least 4 members (excludes halogenated alkanes) is 3. The van der Waals surface area contributed by atoms with E-state index in [0.717, 1.165) is 26.2 Å². The molecule has 0 aliphatic carbocycles. The van der Waals surface area contributed by atoms with Crippen LogP contribution in [0, 0.1) is 0 Å². The molecule has 0 fully saturated rings. The van der Waals surface area contributed by atoms with Crippen LogP contribution < -0.4 is 5.73 Å². The molecule has 84 valence electrons. The number of amidine groups is 1. The molecule has 0 unspecified atom stereocenters. The predicted molar refractivity (Wildman–Crippen MR) is 51.7 cm³/mol. The molecular weight excluding hydrogens is 190 g/mol. The van der Waals surface area contributed by atoms with E-state index >= 15 is 0 Å². The first-order valence-electron chi connectivity index (χ1n) is 4.80. The van der Waals surface area contributed by atoms with E-state index < -0.39 is 5.92 Å². The van der Waals surface area contributed by atoms with Crippen LogP contribution in [0.2, 0.25) is 0 Å². The van der Waals surface area contributed by atoms with Gasteiger partial charge in [0.15, 0.2) is 0 Å². The molecule has 0 rings (SSSR count). The van der Waals surface area contributed by atoms with Gasteiger partial charge in [0.25, 0.3) is 0 Å². The minimum absolute atomic E-state index is 0.0590. The Labute approximate surface area is 83.0 Å². The van der Waals surface area contributed by atoms with Crippen LogP contribution in [0.5, 0.6) is 0 Å². The SMILES string of the molecule is CC(F)(F)CCCCCC/C(N)=N/O. The van der Waals surface area contributed by atoms with Crippen LogP contribution >= 0.6 is 0 Å². The van der Waals surface area contributed by atoms with Crippen molar-refractivity contribution in [1.82, 2.24) is 0 Å². The highest BCUT2D eigenvalue weighted by molar-refractivity contribution is 5.79. The summed E-state index contributed by atoms with van der Waals surface area (Å²) in [6.45, 7) is 0.934. The summed E-state index contributed by atoms with van der Waals surface area (Å²) in [4.78, 5) is 0. The van der Waals surface area contributed by atoms with Gasteiger partial charge in [-0.3, -0.25) is 0 Å². The van der Waals surface area contributed by atoms with Crippen molar-refractivity contribution in [3.05, 3.63) is 0 Å². The second-order valence-electron chi connectivity index (χ2n) is 3.58. The fourth-order valence-corrected chi connectivity index (χ4v) is 1.15. The molecule has 0 aromatic carbocycles. The second kappa shape index (κ2) is 6.56. The normalized spacial score (nSPS) is 13.2. The zero-order valence-corrected chi connectivity index (χ0v) is 8.47. The first-order valence-corrected chi connectivity index (χ1v) is 4.80. The van der Waals surface area contributed by atoms with Gasteiger partial charge in [-0.15, -0.1) is 0 Å². The number of nitrogens with zero attached hydrogens (tertiary/aromatic N) is 1. The first-order chi connectivity index (χ1) is 6.45. The monoisotopic (exact) mass is 208 g/mol. The van der Waals surface area contributed by atoms with Gasteiger partial charge >= 0.3 is 0 Å². The molecule has 0 aliphatic heterocycles. The largest absolute Gasteiger partial charge is 0.409 e. The zero-order valence-electron chi connectivity index (χ0n) is 8.47. The van der Waals surface area contributed by atoms with E-state index in [9.17, 15) is 8.78 Å². The summed E-state index contributed by atoms with van der Waals surface area (Å²) >= 11 is 0. The number of alkyl halides is 2. The molecule has 0 atom stereocenters. The van der Waals surface area contributed by atoms with Crippen LogP contribution in [0.3, 0.4) is 0 Å². The topological polar surface area (TPSA) is 58.6 Å². The number of hydrogen-bond donors (Lipinski definition) is 2. The molecule has 0 aromatic rings. The fourth-order valence-electron chi connectivity index (χ4n) is 1.15. The van der Waals surface area contributed by atoms with Crippen molar-refractivity contribution in [1.29, 1.82) is 0 Å². The van der Waals surface area contributed by atoms with Crippen molar-refractivity contribution in [2.24, 2.45) is 10.9 Å². The summed E-state index contributed by atoms with van der Waals surface area (Å²) in [5, 5.41) is 11.0. The van der Waals surface area contributed by atoms with Crippen molar-refractivity contribution in [3.63, 3.8) is 0 Å². The summed E-state index contributed by atoms with van der Waals surface area (Å²) < 4.78 is 24.7. The average molecular weight is 208 g/mol. The highest BCUT2D eigenvalue weighted by atomic mass is 19.3. The van der Waals surface area contributed by atoms with Crippen molar-refractivity contribution in [3.8, 4) is 0 Å². The van der Waals surface area contributed by atoms with E-state index in [0.29, 0.717) is 12.8 Å². The minimum atomic E-state index is -2.55. The number of halogens is 2. The summed E-state index contributed by atoms with van der Waals surface area (Å²) in [5.74, 6) is -2.35. The van der Waals surface area contributed by atoms with Gasteiger partial charge in [-0.25, -0.2) is 8.78 Å². The average Bonchev–Trinajstić information content (AvgIpc) is 2.08. The number of nitrogens with two attached hydrogens (primary N) is 1. The van der Waals surface area contributed by atoms with E-state index in [1.165, 1.54) is 0 Å². The Kier molecular flexibility index (Phi) is 6.16. The van der Waals surface area contributed by atoms with E-state index in [1.54, 1.807) is 0 Å². The minimum Gasteiger partial charge on any atom is -0.409 e. The molecule has 3 N–H and O–H groups in total. The van der Waals surface area contributed by atoms with Gasteiger partial charge in [0.2, 0.25) is 5.92 Å². The highest BCUT2D eigenvalue weighted by Gasteiger charge is 2.19. The number of hydrogen-bond acceptors (Lipinski definition) is 2. The highest BCUT2D eigenvalue weighted by Crippen LogP contribution is 2.20. The second-order valence-corrected chi connectivity index (χ2v) is 3.58. The van der Waals surface area contributed by atoms with Crippen LogP contribution in [0.1, 0.15) is 45.4 Å². The van der Waals surface area contributed by atoms with Crippen molar-refractivity contribution < 1.29 is 14.0 Å². The number of rotatable bonds is 7. The molecule has 0 spiro atoms. The Hall–Kier alpha value is -0.870. The predicted octanol–water partition coefficient (Wildman–Crippen LogP) is 2.73. The van der Waals surface area contributed by atoms with Crippen LogP contribution in [0.15, 0.2) is 5.16 Å². The Bertz CT molecular complexity index is 178. The molecule has 0 bridgehead atoms. The van der Waals surface area contributed by atoms with E-state index in [4.69, 9.17) is 10.9 Å². The lowest BCUT2D eigenvalue weighted by Crippen LogP contribution is -2.11. The lowest BCUT2D eigenvalue weighted by atomic mass is 10.1. The van der Waals surface area contributed by atoms with E-state index in [-0.39, 0.29) is 12.3 Å². The van der Waals surface area contributed by atoms with Crippen molar-refractivity contribution >= 4 is 5.84 Å². The maximum Gasteiger partial charge on any atom is 0.245 e. The van der Waals surface area contributed by atoms with Crippen LogP contribution in [-0.4, -0.2) is 17.0 Å². The summed E-state index contributed by atoms with van der Waals surface area (Å²) in [6, 6.07) is 0. The van der Waals surface area contributed by atoms with Crippen LogP contribution in [0.25, 0.3) is 0 Å². The zero-order chi connectivity index (χ0) is 11.0. The molecule has 0 saturated carbocycles. The Morgan fingerprint density at radius 2 is 1.86 bits per heavy atom. The third kappa shape index (κ3) is 9.22. The summed E-state index contributed by atoms with van der Waals surface area (Å²) in [5.41, 5.74) is 5.24.